The molecule has 0 amide bonds. The summed E-state index contributed by atoms with van der Waals surface area (Å²) in [7, 11) is 0. The second kappa shape index (κ2) is 6.61. The van der Waals surface area contributed by atoms with Crippen molar-refractivity contribution in [1.29, 1.82) is 0 Å². The normalized spacial score (nSPS) is 11.0. The van der Waals surface area contributed by atoms with Gasteiger partial charge in [0.2, 0.25) is 0 Å². The predicted octanol–water partition coefficient (Wildman–Crippen LogP) is 4.50. The van der Waals surface area contributed by atoms with Crippen molar-refractivity contribution in [1.82, 2.24) is 9.78 Å². The highest BCUT2D eigenvalue weighted by atomic mass is 32.1. The van der Waals surface area contributed by atoms with E-state index in [0.717, 1.165) is 21.5 Å². The van der Waals surface area contributed by atoms with Crippen LogP contribution in [0.15, 0.2) is 42.5 Å². The number of benzene rings is 1. The first kappa shape index (κ1) is 16.5. The molecular weight excluding hydrogens is 320 g/mol. The number of fused-ring (bicyclic) bond motifs is 1. The van der Waals surface area contributed by atoms with Crippen LogP contribution >= 0.6 is 11.3 Å². The van der Waals surface area contributed by atoms with E-state index >= 15 is 0 Å². The van der Waals surface area contributed by atoms with Crippen molar-refractivity contribution in [3.05, 3.63) is 64.2 Å². The lowest BCUT2D eigenvalue weighted by Crippen LogP contribution is -2.05. The standard InChI is InChI=1S/C19H20N2O2S/c1-12(2)11-23-19(22)17-9-16-14(4)20-21(18(16)24-17)10-15-7-5-13(3)6-8-15/h5-9H,1,10-11H2,2-4H3. The Bertz CT molecular complexity index is 903. The summed E-state index contributed by atoms with van der Waals surface area (Å²) >= 11 is 1.42. The van der Waals surface area contributed by atoms with Gasteiger partial charge in [-0.2, -0.15) is 5.10 Å². The van der Waals surface area contributed by atoms with E-state index in [4.69, 9.17) is 4.74 Å². The molecule has 0 aliphatic carbocycles. The Balaban J connectivity index is 1.88. The number of aromatic nitrogens is 2. The molecule has 2 heterocycles. The van der Waals surface area contributed by atoms with Gasteiger partial charge in [0, 0.05) is 5.39 Å². The summed E-state index contributed by atoms with van der Waals surface area (Å²) < 4.78 is 7.20. The average Bonchev–Trinajstić information content (AvgIpc) is 3.09. The van der Waals surface area contributed by atoms with Crippen LogP contribution in [0.2, 0.25) is 0 Å². The molecule has 2 aromatic heterocycles. The highest BCUT2D eigenvalue weighted by Crippen LogP contribution is 2.29. The minimum Gasteiger partial charge on any atom is -0.457 e. The van der Waals surface area contributed by atoms with E-state index in [1.165, 1.54) is 22.5 Å². The highest BCUT2D eigenvalue weighted by molar-refractivity contribution is 7.20. The van der Waals surface area contributed by atoms with Gasteiger partial charge < -0.3 is 4.74 Å². The molecular formula is C19H20N2O2S. The first-order valence-corrected chi connectivity index (χ1v) is 8.59. The summed E-state index contributed by atoms with van der Waals surface area (Å²) in [6.45, 7) is 10.6. The molecule has 0 unspecified atom stereocenters. The summed E-state index contributed by atoms with van der Waals surface area (Å²) in [4.78, 5) is 13.7. The molecule has 1 aromatic carbocycles. The maximum atomic E-state index is 12.2. The average molecular weight is 340 g/mol. The van der Waals surface area contributed by atoms with Crippen LogP contribution in [-0.4, -0.2) is 22.4 Å². The number of ether oxygens (including phenoxy) is 1. The first-order valence-electron chi connectivity index (χ1n) is 7.78. The van der Waals surface area contributed by atoms with Crippen molar-refractivity contribution in [3.63, 3.8) is 0 Å². The zero-order valence-corrected chi connectivity index (χ0v) is 14.9. The van der Waals surface area contributed by atoms with Gasteiger partial charge in [-0.3, -0.25) is 4.68 Å². The Hall–Kier alpha value is -2.40. The summed E-state index contributed by atoms with van der Waals surface area (Å²) in [5, 5.41) is 5.61. The molecule has 0 saturated carbocycles. The molecule has 3 rings (SSSR count). The number of rotatable bonds is 5. The van der Waals surface area contributed by atoms with Crippen LogP contribution in [0.1, 0.15) is 33.4 Å². The van der Waals surface area contributed by atoms with Crippen LogP contribution in [0.4, 0.5) is 0 Å². The molecule has 0 spiro atoms. The van der Waals surface area contributed by atoms with Crippen molar-refractivity contribution >= 4 is 27.5 Å². The summed E-state index contributed by atoms with van der Waals surface area (Å²) in [6.07, 6.45) is 0. The lowest BCUT2D eigenvalue weighted by molar-refractivity contribution is 0.0546. The maximum absolute atomic E-state index is 12.2. The third kappa shape index (κ3) is 3.41. The smallest absolute Gasteiger partial charge is 0.348 e. The SMILES string of the molecule is C=C(C)COC(=O)c1cc2c(C)nn(Cc3ccc(C)cc3)c2s1. The molecule has 3 aromatic rings. The molecule has 5 heteroatoms. The van der Waals surface area contributed by atoms with Crippen molar-refractivity contribution in [2.24, 2.45) is 0 Å². The molecule has 0 bridgehead atoms. The Morgan fingerprint density at radius 2 is 2.00 bits per heavy atom. The fourth-order valence-electron chi connectivity index (χ4n) is 2.45. The van der Waals surface area contributed by atoms with E-state index in [1.807, 2.05) is 24.6 Å². The Kier molecular flexibility index (Phi) is 4.53. The number of esters is 1. The first-order chi connectivity index (χ1) is 11.4. The van der Waals surface area contributed by atoms with E-state index in [2.05, 4.69) is 42.9 Å². The second-order valence-electron chi connectivity index (χ2n) is 6.09. The minimum atomic E-state index is -0.305. The minimum absolute atomic E-state index is 0.252. The number of hydrogen-bond donors (Lipinski definition) is 0. The summed E-state index contributed by atoms with van der Waals surface area (Å²) in [5.41, 5.74) is 4.17. The summed E-state index contributed by atoms with van der Waals surface area (Å²) in [5.74, 6) is -0.305. The molecule has 0 saturated heterocycles. The fourth-order valence-corrected chi connectivity index (χ4v) is 3.50. The van der Waals surface area contributed by atoms with Crippen LogP contribution in [0, 0.1) is 13.8 Å². The Morgan fingerprint density at radius 1 is 1.29 bits per heavy atom. The van der Waals surface area contributed by atoms with E-state index in [9.17, 15) is 4.79 Å². The Labute approximate surface area is 145 Å². The Morgan fingerprint density at radius 3 is 2.67 bits per heavy atom. The molecule has 4 nitrogen and oxygen atoms in total. The number of aryl methyl sites for hydroxylation is 2. The van der Waals surface area contributed by atoms with Gasteiger partial charge in [-0.1, -0.05) is 36.4 Å². The van der Waals surface area contributed by atoms with Crippen molar-refractivity contribution in [2.45, 2.75) is 27.3 Å². The molecule has 0 fully saturated rings. The number of nitrogens with zero attached hydrogens (tertiary/aromatic N) is 2. The van der Waals surface area contributed by atoms with Gasteiger partial charge >= 0.3 is 5.97 Å². The zero-order valence-electron chi connectivity index (χ0n) is 14.1. The van der Waals surface area contributed by atoms with Crippen molar-refractivity contribution in [3.8, 4) is 0 Å². The molecule has 0 N–H and O–H groups in total. The lowest BCUT2D eigenvalue weighted by atomic mass is 10.1. The number of carbonyl (C=O) groups excluding carboxylic acids is 1. The van der Waals surface area contributed by atoms with Gasteiger partial charge in [0.15, 0.2) is 0 Å². The van der Waals surface area contributed by atoms with Gasteiger partial charge in [0.05, 0.1) is 12.2 Å². The van der Waals surface area contributed by atoms with Crippen LogP contribution in [0.3, 0.4) is 0 Å². The van der Waals surface area contributed by atoms with E-state index in [-0.39, 0.29) is 12.6 Å². The van der Waals surface area contributed by atoms with Crippen LogP contribution in [0.25, 0.3) is 10.2 Å². The largest absolute Gasteiger partial charge is 0.457 e. The van der Waals surface area contributed by atoms with E-state index < -0.39 is 0 Å². The predicted molar refractivity (Wildman–Crippen MR) is 97.7 cm³/mol. The topological polar surface area (TPSA) is 44.1 Å². The van der Waals surface area contributed by atoms with E-state index in [0.29, 0.717) is 11.4 Å². The van der Waals surface area contributed by atoms with Gasteiger partial charge in [0.25, 0.3) is 0 Å². The van der Waals surface area contributed by atoms with E-state index in [1.54, 1.807) is 0 Å². The van der Waals surface area contributed by atoms with Crippen LogP contribution < -0.4 is 0 Å². The van der Waals surface area contributed by atoms with Crippen molar-refractivity contribution in [2.75, 3.05) is 6.61 Å². The third-order valence-corrected chi connectivity index (χ3v) is 4.84. The second-order valence-corrected chi connectivity index (χ2v) is 7.12. The molecule has 0 atom stereocenters. The van der Waals surface area contributed by atoms with Crippen molar-refractivity contribution < 1.29 is 9.53 Å². The molecule has 24 heavy (non-hydrogen) atoms. The number of hydrogen-bond acceptors (Lipinski definition) is 4. The quantitative estimate of drug-likeness (QED) is 0.507. The van der Waals surface area contributed by atoms with Gasteiger partial charge in [-0.25, -0.2) is 4.79 Å². The van der Waals surface area contributed by atoms with Gasteiger partial charge in [-0.05, 0) is 38.0 Å². The molecule has 124 valence electrons. The lowest BCUT2D eigenvalue weighted by Gasteiger charge is -2.04. The van der Waals surface area contributed by atoms with Crippen LogP contribution in [-0.2, 0) is 11.3 Å². The molecule has 0 radical (unpaired) electrons. The third-order valence-electron chi connectivity index (χ3n) is 3.71. The fraction of sp³-hybridized carbons (Fsp3) is 0.263. The number of thiophene rings is 1. The van der Waals surface area contributed by atoms with Crippen LogP contribution in [0.5, 0.6) is 0 Å². The molecule has 0 aliphatic rings. The molecule has 0 aliphatic heterocycles. The number of carbonyl (C=O) groups is 1. The zero-order chi connectivity index (χ0) is 17.3. The van der Waals surface area contributed by atoms with Gasteiger partial charge in [0.1, 0.15) is 16.3 Å². The monoisotopic (exact) mass is 340 g/mol. The van der Waals surface area contributed by atoms with Gasteiger partial charge in [-0.15, -0.1) is 11.3 Å². The highest BCUT2D eigenvalue weighted by Gasteiger charge is 2.17. The maximum Gasteiger partial charge on any atom is 0.348 e. The summed E-state index contributed by atoms with van der Waals surface area (Å²) in [6, 6.07) is 10.3.